The molecule has 0 fully saturated rings. The Balaban J connectivity index is 1.88. The van der Waals surface area contributed by atoms with Gasteiger partial charge in [0.15, 0.2) is 0 Å². The standard InChI is InChI=1S/C13H14N4O2/c1-19-12-3-2-9(6-14-12)17-5-4-11-10(7-17)13(18)16-8-15-11/h2-3,6,8H,4-5,7H2,1H3,(H,15,16,18). The summed E-state index contributed by atoms with van der Waals surface area (Å²) >= 11 is 0. The second-order valence-corrected chi connectivity index (χ2v) is 4.39. The second kappa shape index (κ2) is 4.72. The Morgan fingerprint density at radius 2 is 2.26 bits per heavy atom. The van der Waals surface area contributed by atoms with Crippen molar-refractivity contribution in [1.82, 2.24) is 15.0 Å². The van der Waals surface area contributed by atoms with Crippen molar-refractivity contribution in [3.63, 3.8) is 0 Å². The quantitative estimate of drug-likeness (QED) is 0.860. The summed E-state index contributed by atoms with van der Waals surface area (Å²) in [6, 6.07) is 3.76. The number of H-pyrrole nitrogens is 1. The van der Waals surface area contributed by atoms with Crippen LogP contribution >= 0.6 is 0 Å². The number of fused-ring (bicyclic) bond motifs is 1. The minimum atomic E-state index is -0.0591. The average molecular weight is 258 g/mol. The number of aromatic amines is 1. The van der Waals surface area contributed by atoms with Crippen LogP contribution in [0.4, 0.5) is 5.69 Å². The number of methoxy groups -OCH3 is 1. The number of anilines is 1. The zero-order valence-electron chi connectivity index (χ0n) is 10.6. The zero-order valence-corrected chi connectivity index (χ0v) is 10.6. The van der Waals surface area contributed by atoms with Crippen molar-refractivity contribution in [2.45, 2.75) is 13.0 Å². The molecule has 3 rings (SSSR count). The molecular weight excluding hydrogens is 244 g/mol. The van der Waals surface area contributed by atoms with E-state index in [0.717, 1.165) is 29.9 Å². The van der Waals surface area contributed by atoms with Gasteiger partial charge in [-0.25, -0.2) is 9.97 Å². The van der Waals surface area contributed by atoms with Gasteiger partial charge >= 0.3 is 0 Å². The van der Waals surface area contributed by atoms with E-state index in [0.29, 0.717) is 12.4 Å². The first-order valence-electron chi connectivity index (χ1n) is 6.08. The van der Waals surface area contributed by atoms with Crippen molar-refractivity contribution >= 4 is 5.69 Å². The van der Waals surface area contributed by atoms with E-state index in [1.807, 2.05) is 12.1 Å². The van der Waals surface area contributed by atoms with E-state index in [1.165, 1.54) is 6.33 Å². The number of nitrogens with one attached hydrogen (secondary N) is 1. The van der Waals surface area contributed by atoms with E-state index in [4.69, 9.17) is 4.74 Å². The van der Waals surface area contributed by atoms with Crippen LogP contribution in [0.5, 0.6) is 5.88 Å². The minimum absolute atomic E-state index is 0.0591. The van der Waals surface area contributed by atoms with Crippen molar-refractivity contribution in [1.29, 1.82) is 0 Å². The first-order chi connectivity index (χ1) is 9.28. The van der Waals surface area contributed by atoms with Crippen LogP contribution in [-0.2, 0) is 13.0 Å². The highest BCUT2D eigenvalue weighted by Gasteiger charge is 2.20. The Hall–Kier alpha value is -2.37. The number of aromatic nitrogens is 3. The molecule has 2 aromatic heterocycles. The summed E-state index contributed by atoms with van der Waals surface area (Å²) in [7, 11) is 1.59. The molecule has 0 saturated carbocycles. The molecule has 1 aliphatic heterocycles. The largest absolute Gasteiger partial charge is 0.481 e. The molecular formula is C13H14N4O2. The molecule has 6 heteroatoms. The topological polar surface area (TPSA) is 71.1 Å². The SMILES string of the molecule is COc1ccc(N2CCc3nc[nH]c(=O)c3C2)cn1. The lowest BCUT2D eigenvalue weighted by atomic mass is 10.1. The molecule has 98 valence electrons. The maximum absolute atomic E-state index is 11.8. The molecule has 6 nitrogen and oxygen atoms in total. The minimum Gasteiger partial charge on any atom is -0.481 e. The van der Waals surface area contributed by atoms with Crippen LogP contribution in [0, 0.1) is 0 Å². The number of hydrogen-bond donors (Lipinski definition) is 1. The Morgan fingerprint density at radius 1 is 1.37 bits per heavy atom. The predicted octanol–water partition coefficient (Wildman–Crippen LogP) is 0.736. The van der Waals surface area contributed by atoms with Gasteiger partial charge in [-0.05, 0) is 6.07 Å². The first-order valence-corrected chi connectivity index (χ1v) is 6.08. The van der Waals surface area contributed by atoms with E-state index in [2.05, 4.69) is 19.9 Å². The predicted molar refractivity (Wildman–Crippen MR) is 70.4 cm³/mol. The number of nitrogens with zero attached hydrogens (tertiary/aromatic N) is 3. The Bertz CT molecular complexity index is 636. The first kappa shape index (κ1) is 11.7. The Kier molecular flexibility index (Phi) is 2.91. The van der Waals surface area contributed by atoms with Gasteiger partial charge in [0.1, 0.15) is 0 Å². The number of ether oxygens (including phenoxy) is 1. The van der Waals surface area contributed by atoms with Gasteiger partial charge < -0.3 is 14.6 Å². The van der Waals surface area contributed by atoms with Gasteiger partial charge in [-0.1, -0.05) is 0 Å². The van der Waals surface area contributed by atoms with Gasteiger partial charge in [0, 0.05) is 19.0 Å². The maximum Gasteiger partial charge on any atom is 0.255 e. The lowest BCUT2D eigenvalue weighted by Crippen LogP contribution is -2.35. The molecule has 1 aliphatic rings. The fourth-order valence-electron chi connectivity index (χ4n) is 2.25. The third kappa shape index (κ3) is 2.16. The van der Waals surface area contributed by atoms with Gasteiger partial charge in [0.25, 0.3) is 5.56 Å². The number of hydrogen-bond acceptors (Lipinski definition) is 5. The van der Waals surface area contributed by atoms with E-state index in [1.54, 1.807) is 13.3 Å². The van der Waals surface area contributed by atoms with Crippen molar-refractivity contribution in [2.24, 2.45) is 0 Å². The second-order valence-electron chi connectivity index (χ2n) is 4.39. The molecule has 2 aromatic rings. The van der Waals surface area contributed by atoms with E-state index in [-0.39, 0.29) is 5.56 Å². The summed E-state index contributed by atoms with van der Waals surface area (Å²) in [6.45, 7) is 1.39. The van der Waals surface area contributed by atoms with Gasteiger partial charge in [-0.3, -0.25) is 4.79 Å². The van der Waals surface area contributed by atoms with Crippen molar-refractivity contribution in [3.05, 3.63) is 46.3 Å². The van der Waals surface area contributed by atoms with Crippen molar-refractivity contribution < 1.29 is 4.74 Å². The lowest BCUT2D eigenvalue weighted by molar-refractivity contribution is 0.398. The highest BCUT2D eigenvalue weighted by atomic mass is 16.5. The number of rotatable bonds is 2. The molecule has 0 spiro atoms. The summed E-state index contributed by atoms with van der Waals surface area (Å²) in [5.41, 5.74) is 2.55. The molecule has 0 radical (unpaired) electrons. The van der Waals surface area contributed by atoms with Crippen molar-refractivity contribution in [2.75, 3.05) is 18.6 Å². The summed E-state index contributed by atoms with van der Waals surface area (Å²) < 4.78 is 5.04. The van der Waals surface area contributed by atoms with E-state index >= 15 is 0 Å². The molecule has 0 amide bonds. The fraction of sp³-hybridized carbons (Fsp3) is 0.308. The van der Waals surface area contributed by atoms with Gasteiger partial charge in [0.2, 0.25) is 5.88 Å². The fourth-order valence-corrected chi connectivity index (χ4v) is 2.25. The van der Waals surface area contributed by atoms with E-state index in [9.17, 15) is 4.79 Å². The van der Waals surface area contributed by atoms with Crippen LogP contribution in [0.1, 0.15) is 11.3 Å². The monoisotopic (exact) mass is 258 g/mol. The molecule has 0 saturated heterocycles. The number of pyridine rings is 1. The molecule has 0 aromatic carbocycles. The summed E-state index contributed by atoms with van der Waals surface area (Å²) in [4.78, 5) is 24.9. The molecule has 0 atom stereocenters. The van der Waals surface area contributed by atoms with Gasteiger partial charge in [0.05, 0.1) is 43.1 Å². The van der Waals surface area contributed by atoms with Crippen LogP contribution in [0.25, 0.3) is 0 Å². The molecule has 1 N–H and O–H groups in total. The molecule has 0 bridgehead atoms. The van der Waals surface area contributed by atoms with Gasteiger partial charge in [-0.15, -0.1) is 0 Å². The van der Waals surface area contributed by atoms with Crippen LogP contribution in [0.15, 0.2) is 29.5 Å². The Labute approximate surface area is 110 Å². The summed E-state index contributed by atoms with van der Waals surface area (Å²) in [5.74, 6) is 0.584. The lowest BCUT2D eigenvalue weighted by Gasteiger charge is -2.29. The summed E-state index contributed by atoms with van der Waals surface area (Å²) in [5, 5.41) is 0. The molecule has 0 unspecified atom stereocenters. The molecule has 3 heterocycles. The molecule has 0 aliphatic carbocycles. The normalized spacial score (nSPS) is 14.1. The smallest absolute Gasteiger partial charge is 0.255 e. The third-order valence-electron chi connectivity index (χ3n) is 3.30. The third-order valence-corrected chi connectivity index (χ3v) is 3.30. The van der Waals surface area contributed by atoms with E-state index < -0.39 is 0 Å². The van der Waals surface area contributed by atoms with Crippen LogP contribution in [0.2, 0.25) is 0 Å². The zero-order chi connectivity index (χ0) is 13.2. The van der Waals surface area contributed by atoms with Crippen molar-refractivity contribution in [3.8, 4) is 5.88 Å². The molecule has 19 heavy (non-hydrogen) atoms. The highest BCUT2D eigenvalue weighted by molar-refractivity contribution is 5.47. The highest BCUT2D eigenvalue weighted by Crippen LogP contribution is 2.21. The van der Waals surface area contributed by atoms with Gasteiger partial charge in [-0.2, -0.15) is 0 Å². The van der Waals surface area contributed by atoms with Crippen LogP contribution < -0.4 is 15.2 Å². The van der Waals surface area contributed by atoms with Crippen LogP contribution in [0.3, 0.4) is 0 Å². The van der Waals surface area contributed by atoms with Crippen LogP contribution in [-0.4, -0.2) is 28.6 Å². The maximum atomic E-state index is 11.8. The average Bonchev–Trinajstić information content (AvgIpc) is 2.47. The summed E-state index contributed by atoms with van der Waals surface area (Å²) in [6.07, 6.45) is 3.99. The Morgan fingerprint density at radius 3 is 3.00 bits per heavy atom.